The van der Waals surface area contributed by atoms with Gasteiger partial charge in [0.05, 0.1) is 0 Å². The minimum atomic E-state index is 0.815. The first-order valence-electron chi connectivity index (χ1n) is 3.77. The number of aryl methyl sites for hydroxylation is 1. The molecule has 12 heavy (non-hydrogen) atoms. The number of benzene rings is 1. The Bertz CT molecular complexity index is 301. The van der Waals surface area contributed by atoms with Crippen LogP contribution < -0.4 is 16.5 Å². The molecule has 0 saturated carbocycles. The molecule has 0 fully saturated rings. The van der Waals surface area contributed by atoms with Crippen LogP contribution in [0.15, 0.2) is 29.4 Å². The summed E-state index contributed by atoms with van der Waals surface area (Å²) in [6.45, 7) is 2.06. The van der Waals surface area contributed by atoms with Crippen LogP contribution in [-0.2, 0) is 0 Å². The van der Waals surface area contributed by atoms with E-state index in [0.717, 1.165) is 11.4 Å². The van der Waals surface area contributed by atoms with Crippen molar-refractivity contribution in [1.29, 1.82) is 0 Å². The Labute approximate surface area is 70.6 Å². The van der Waals surface area contributed by atoms with E-state index in [4.69, 9.17) is 0 Å². The molecule has 1 aliphatic rings. The summed E-state index contributed by atoms with van der Waals surface area (Å²) >= 11 is 0. The monoisotopic (exact) mass is 162 g/mol. The van der Waals surface area contributed by atoms with Crippen molar-refractivity contribution in [2.75, 3.05) is 0 Å². The number of nitrogens with zero attached hydrogens (tertiary/aromatic N) is 1. The molecular formula is C8H10N4. The molecule has 0 bridgehead atoms. The summed E-state index contributed by atoms with van der Waals surface area (Å²) in [7, 11) is 0. The standard InChI is InChI=1S/C8H10N4/c1-6-2-4-7(5-3-6)8-9-11-12-10-8/h2-5,11-12H,1H3,(H,9,10). The number of hydrazine groups is 2. The molecule has 1 aromatic carbocycles. The zero-order valence-electron chi connectivity index (χ0n) is 6.76. The number of hydrogen-bond acceptors (Lipinski definition) is 4. The van der Waals surface area contributed by atoms with E-state index in [1.54, 1.807) is 0 Å². The van der Waals surface area contributed by atoms with Crippen molar-refractivity contribution in [1.82, 2.24) is 16.5 Å². The molecule has 1 aromatic rings. The number of rotatable bonds is 1. The highest BCUT2D eigenvalue weighted by molar-refractivity contribution is 5.98. The summed E-state index contributed by atoms with van der Waals surface area (Å²) in [5.41, 5.74) is 10.5. The zero-order valence-corrected chi connectivity index (χ0v) is 6.76. The quantitative estimate of drug-likeness (QED) is 0.555. The largest absolute Gasteiger partial charge is 0.285 e. The second-order valence-electron chi connectivity index (χ2n) is 2.69. The van der Waals surface area contributed by atoms with E-state index in [9.17, 15) is 0 Å². The molecule has 4 nitrogen and oxygen atoms in total. The van der Waals surface area contributed by atoms with E-state index >= 15 is 0 Å². The van der Waals surface area contributed by atoms with Crippen LogP contribution in [-0.4, -0.2) is 5.84 Å². The van der Waals surface area contributed by atoms with Gasteiger partial charge in [0.2, 0.25) is 0 Å². The van der Waals surface area contributed by atoms with Gasteiger partial charge in [-0.15, -0.1) is 10.6 Å². The highest BCUT2D eigenvalue weighted by atomic mass is 15.8. The van der Waals surface area contributed by atoms with Gasteiger partial charge in [0.25, 0.3) is 0 Å². The third kappa shape index (κ3) is 1.24. The molecule has 0 radical (unpaired) electrons. The fourth-order valence-corrected chi connectivity index (χ4v) is 1.05. The lowest BCUT2D eigenvalue weighted by atomic mass is 10.1. The predicted octanol–water partition coefficient (Wildman–Crippen LogP) is 0.269. The summed E-state index contributed by atoms with van der Waals surface area (Å²) in [5, 5.41) is 3.98. The first-order valence-corrected chi connectivity index (χ1v) is 3.77. The third-order valence-corrected chi connectivity index (χ3v) is 1.73. The average molecular weight is 162 g/mol. The van der Waals surface area contributed by atoms with Crippen molar-refractivity contribution in [3.63, 3.8) is 0 Å². The Morgan fingerprint density at radius 3 is 2.50 bits per heavy atom. The summed E-state index contributed by atoms with van der Waals surface area (Å²) in [4.78, 5) is 0. The summed E-state index contributed by atoms with van der Waals surface area (Å²) < 4.78 is 0. The van der Waals surface area contributed by atoms with E-state index in [2.05, 4.69) is 40.7 Å². The van der Waals surface area contributed by atoms with E-state index in [-0.39, 0.29) is 0 Å². The molecule has 1 heterocycles. The molecule has 0 spiro atoms. The fraction of sp³-hybridized carbons (Fsp3) is 0.125. The van der Waals surface area contributed by atoms with Crippen LogP contribution in [0.2, 0.25) is 0 Å². The molecule has 0 aromatic heterocycles. The van der Waals surface area contributed by atoms with Crippen molar-refractivity contribution >= 4 is 5.84 Å². The summed E-state index contributed by atoms with van der Waals surface area (Å²) in [6, 6.07) is 8.15. The molecule has 0 saturated heterocycles. The van der Waals surface area contributed by atoms with Gasteiger partial charge in [-0.05, 0) is 6.92 Å². The SMILES string of the molecule is Cc1ccc(C2=NNNN2)cc1. The van der Waals surface area contributed by atoms with Crippen LogP contribution in [0.3, 0.4) is 0 Å². The molecule has 3 N–H and O–H groups in total. The average Bonchev–Trinajstić information content (AvgIpc) is 2.58. The first kappa shape index (κ1) is 7.12. The Kier molecular flexibility index (Phi) is 1.68. The van der Waals surface area contributed by atoms with E-state index < -0.39 is 0 Å². The van der Waals surface area contributed by atoms with Crippen LogP contribution in [0.25, 0.3) is 0 Å². The normalized spacial score (nSPS) is 14.9. The number of hydrazone groups is 1. The first-order chi connectivity index (χ1) is 5.86. The molecule has 0 atom stereocenters. The maximum absolute atomic E-state index is 3.98. The second kappa shape index (κ2) is 2.83. The van der Waals surface area contributed by atoms with Gasteiger partial charge in [0.15, 0.2) is 5.84 Å². The van der Waals surface area contributed by atoms with Crippen molar-refractivity contribution in [2.45, 2.75) is 6.92 Å². The maximum Gasteiger partial charge on any atom is 0.170 e. The van der Waals surface area contributed by atoms with Gasteiger partial charge in [-0.25, -0.2) is 5.53 Å². The fourth-order valence-electron chi connectivity index (χ4n) is 1.05. The highest BCUT2D eigenvalue weighted by Gasteiger charge is 2.05. The molecule has 1 aliphatic heterocycles. The Morgan fingerprint density at radius 2 is 1.92 bits per heavy atom. The van der Waals surface area contributed by atoms with Crippen LogP contribution in [0, 0.1) is 6.92 Å². The molecule has 0 amide bonds. The minimum absolute atomic E-state index is 0.815. The number of hydrogen-bond donors (Lipinski definition) is 3. The molecule has 0 aliphatic carbocycles. The molecular weight excluding hydrogens is 152 g/mol. The summed E-state index contributed by atoms with van der Waals surface area (Å²) in [6.07, 6.45) is 0. The third-order valence-electron chi connectivity index (χ3n) is 1.73. The van der Waals surface area contributed by atoms with Crippen molar-refractivity contribution < 1.29 is 0 Å². The molecule has 62 valence electrons. The molecule has 2 rings (SSSR count). The van der Waals surface area contributed by atoms with Crippen molar-refractivity contribution in [3.05, 3.63) is 35.4 Å². The Hall–Kier alpha value is -1.55. The zero-order chi connectivity index (χ0) is 8.39. The van der Waals surface area contributed by atoms with Crippen molar-refractivity contribution in [2.24, 2.45) is 5.10 Å². The van der Waals surface area contributed by atoms with E-state index in [1.165, 1.54) is 5.56 Å². The smallest absolute Gasteiger partial charge is 0.170 e. The van der Waals surface area contributed by atoms with Crippen LogP contribution in [0.1, 0.15) is 11.1 Å². The topological polar surface area (TPSA) is 48.5 Å². The highest BCUT2D eigenvalue weighted by Crippen LogP contribution is 2.03. The van der Waals surface area contributed by atoms with Gasteiger partial charge in [-0.3, -0.25) is 5.43 Å². The number of amidine groups is 1. The van der Waals surface area contributed by atoms with Gasteiger partial charge in [0, 0.05) is 5.56 Å². The second-order valence-corrected chi connectivity index (χ2v) is 2.69. The minimum Gasteiger partial charge on any atom is -0.285 e. The lowest BCUT2D eigenvalue weighted by Crippen LogP contribution is -2.35. The maximum atomic E-state index is 3.98. The lowest BCUT2D eigenvalue weighted by molar-refractivity contribution is 0.577. The molecule has 4 heteroatoms. The van der Waals surface area contributed by atoms with Gasteiger partial charge in [0.1, 0.15) is 0 Å². The van der Waals surface area contributed by atoms with Gasteiger partial charge in [-0.1, -0.05) is 29.8 Å². The lowest BCUT2D eigenvalue weighted by Gasteiger charge is -1.99. The van der Waals surface area contributed by atoms with Crippen LogP contribution in [0.5, 0.6) is 0 Å². The van der Waals surface area contributed by atoms with Gasteiger partial charge >= 0.3 is 0 Å². The molecule has 0 unspecified atom stereocenters. The van der Waals surface area contributed by atoms with Gasteiger partial charge < -0.3 is 0 Å². The van der Waals surface area contributed by atoms with Crippen molar-refractivity contribution in [3.8, 4) is 0 Å². The van der Waals surface area contributed by atoms with E-state index in [0.29, 0.717) is 0 Å². The van der Waals surface area contributed by atoms with Gasteiger partial charge in [-0.2, -0.15) is 0 Å². The Balaban J connectivity index is 2.28. The van der Waals surface area contributed by atoms with Crippen LogP contribution >= 0.6 is 0 Å². The number of nitrogens with one attached hydrogen (secondary N) is 3. The van der Waals surface area contributed by atoms with Crippen LogP contribution in [0.4, 0.5) is 0 Å². The predicted molar refractivity (Wildman–Crippen MR) is 47.1 cm³/mol. The Morgan fingerprint density at radius 1 is 1.17 bits per heavy atom. The van der Waals surface area contributed by atoms with E-state index in [1.807, 2.05) is 12.1 Å². The summed E-state index contributed by atoms with van der Waals surface area (Å²) in [5.74, 6) is 0.815.